The minimum Gasteiger partial charge on any atom is -0.487 e. The first kappa shape index (κ1) is 21.5. The molecule has 1 N–H and O–H groups in total. The van der Waals surface area contributed by atoms with Crippen molar-refractivity contribution in [3.63, 3.8) is 0 Å². The van der Waals surface area contributed by atoms with Gasteiger partial charge in [0.05, 0.1) is 11.0 Å². The summed E-state index contributed by atoms with van der Waals surface area (Å²) in [7, 11) is 0. The van der Waals surface area contributed by atoms with E-state index in [1.807, 2.05) is 18.2 Å². The normalized spacial score (nSPS) is 21.0. The van der Waals surface area contributed by atoms with Gasteiger partial charge in [-0.05, 0) is 66.7 Å². The third kappa shape index (κ3) is 5.61. The summed E-state index contributed by atoms with van der Waals surface area (Å²) in [6, 6.07) is 4.97. The largest absolute Gasteiger partial charge is 0.487 e. The molecule has 1 amide bonds. The Kier molecular flexibility index (Phi) is 6.78. The van der Waals surface area contributed by atoms with Crippen molar-refractivity contribution in [3.05, 3.63) is 28.2 Å². The highest BCUT2D eigenvalue weighted by Crippen LogP contribution is 2.33. The van der Waals surface area contributed by atoms with Crippen LogP contribution in [0.15, 0.2) is 22.7 Å². The number of aliphatic carboxylic acids is 1. The highest BCUT2D eigenvalue weighted by molar-refractivity contribution is 9.10. The van der Waals surface area contributed by atoms with Crippen molar-refractivity contribution in [1.82, 2.24) is 4.90 Å². The fourth-order valence-corrected chi connectivity index (χ4v) is 3.46. The Balaban J connectivity index is 2.12. The molecule has 0 saturated carbocycles. The molecule has 1 aliphatic rings. The van der Waals surface area contributed by atoms with E-state index < -0.39 is 29.8 Å². The molecule has 7 heteroatoms. The summed E-state index contributed by atoms with van der Waals surface area (Å²) in [5.41, 5.74) is 0.524. The lowest BCUT2D eigenvalue weighted by molar-refractivity contribution is -0.142. The fraction of sp³-hybridized carbons (Fsp3) is 0.600. The molecule has 2 rings (SSSR count). The zero-order valence-electron chi connectivity index (χ0n) is 16.5. The molecule has 1 aliphatic heterocycles. The second-order valence-corrected chi connectivity index (χ2v) is 8.82. The predicted octanol–water partition coefficient (Wildman–Crippen LogP) is 4.80. The first-order valence-electron chi connectivity index (χ1n) is 9.20. The number of hydrogen-bond acceptors (Lipinski definition) is 4. The van der Waals surface area contributed by atoms with Gasteiger partial charge in [0, 0.05) is 6.42 Å². The number of carboxylic acid groups (broad SMARTS) is 1. The van der Waals surface area contributed by atoms with Crippen LogP contribution >= 0.6 is 15.9 Å². The molecule has 1 fully saturated rings. The van der Waals surface area contributed by atoms with Crippen molar-refractivity contribution in [2.75, 3.05) is 6.54 Å². The van der Waals surface area contributed by atoms with E-state index in [4.69, 9.17) is 9.47 Å². The maximum absolute atomic E-state index is 12.4. The second-order valence-electron chi connectivity index (χ2n) is 7.96. The van der Waals surface area contributed by atoms with Gasteiger partial charge in [-0.25, -0.2) is 9.59 Å². The maximum Gasteiger partial charge on any atom is 0.411 e. The Morgan fingerprint density at radius 3 is 2.56 bits per heavy atom. The number of amides is 1. The lowest BCUT2D eigenvalue weighted by Crippen LogP contribution is -2.43. The van der Waals surface area contributed by atoms with Gasteiger partial charge >= 0.3 is 12.1 Å². The summed E-state index contributed by atoms with van der Waals surface area (Å²) in [5.74, 6) is 0.0289. The summed E-state index contributed by atoms with van der Waals surface area (Å²) in [6.45, 7) is 9.72. The second kappa shape index (κ2) is 8.50. The van der Waals surface area contributed by atoms with Crippen molar-refractivity contribution < 1.29 is 24.2 Å². The SMILES string of the molecule is CCC(C)c1ccc(OC2CC(C(=O)O)N(C(=O)OC(C)(C)C)C2)c(Br)c1. The Morgan fingerprint density at radius 1 is 1.37 bits per heavy atom. The van der Waals surface area contributed by atoms with E-state index in [1.54, 1.807) is 20.8 Å². The summed E-state index contributed by atoms with van der Waals surface area (Å²) in [6.07, 6.45) is 0.214. The molecule has 0 aromatic heterocycles. The first-order valence-corrected chi connectivity index (χ1v) is 9.99. The van der Waals surface area contributed by atoms with E-state index >= 15 is 0 Å². The van der Waals surface area contributed by atoms with Gasteiger partial charge in [0.1, 0.15) is 23.5 Å². The third-order valence-corrected chi connectivity index (χ3v) is 5.23. The molecule has 0 radical (unpaired) electrons. The smallest absolute Gasteiger partial charge is 0.411 e. The predicted molar refractivity (Wildman–Crippen MR) is 106 cm³/mol. The molecule has 1 aromatic carbocycles. The summed E-state index contributed by atoms with van der Waals surface area (Å²) in [5, 5.41) is 9.48. The van der Waals surface area contributed by atoms with Crippen molar-refractivity contribution in [1.29, 1.82) is 0 Å². The van der Waals surface area contributed by atoms with Crippen LogP contribution in [0.3, 0.4) is 0 Å². The van der Waals surface area contributed by atoms with Crippen LogP contribution in [-0.4, -0.2) is 46.4 Å². The van der Waals surface area contributed by atoms with E-state index in [-0.39, 0.29) is 13.0 Å². The number of carbonyl (C=O) groups is 2. The number of likely N-dealkylation sites (tertiary alicyclic amines) is 1. The van der Waals surface area contributed by atoms with Crippen molar-refractivity contribution >= 4 is 28.0 Å². The average molecular weight is 442 g/mol. The first-order chi connectivity index (χ1) is 12.5. The topological polar surface area (TPSA) is 76.1 Å². The number of rotatable bonds is 5. The summed E-state index contributed by atoms with van der Waals surface area (Å²) < 4.78 is 12.2. The molecule has 150 valence electrons. The van der Waals surface area contributed by atoms with Gasteiger partial charge in [-0.3, -0.25) is 4.90 Å². The average Bonchev–Trinajstić information content (AvgIpc) is 2.99. The molecule has 1 saturated heterocycles. The Labute approximate surface area is 169 Å². The lowest BCUT2D eigenvalue weighted by Gasteiger charge is -2.26. The van der Waals surface area contributed by atoms with E-state index in [0.29, 0.717) is 11.7 Å². The highest BCUT2D eigenvalue weighted by atomic mass is 79.9. The molecule has 27 heavy (non-hydrogen) atoms. The molecule has 1 aromatic rings. The Morgan fingerprint density at radius 2 is 2.04 bits per heavy atom. The standard InChI is InChI=1S/C20H28BrNO5/c1-6-12(2)13-7-8-17(15(21)9-13)26-14-10-16(18(23)24)22(11-14)19(25)27-20(3,4)5/h7-9,12,14,16H,6,10-11H2,1-5H3,(H,23,24). The van der Waals surface area contributed by atoms with E-state index in [0.717, 1.165) is 10.9 Å². The minimum absolute atomic E-state index is 0.172. The van der Waals surface area contributed by atoms with Crippen LogP contribution in [-0.2, 0) is 9.53 Å². The van der Waals surface area contributed by atoms with Gasteiger partial charge in [-0.2, -0.15) is 0 Å². The minimum atomic E-state index is -1.06. The van der Waals surface area contributed by atoms with Crippen LogP contribution in [0.5, 0.6) is 5.75 Å². The Hall–Kier alpha value is -1.76. The number of carbonyl (C=O) groups excluding carboxylic acids is 1. The molecule has 0 aliphatic carbocycles. The number of benzene rings is 1. The van der Waals surface area contributed by atoms with E-state index in [2.05, 4.69) is 29.8 Å². The molecule has 3 unspecified atom stereocenters. The van der Waals surface area contributed by atoms with Gasteiger partial charge in [-0.1, -0.05) is 19.9 Å². The zero-order chi connectivity index (χ0) is 20.4. The molecule has 6 nitrogen and oxygen atoms in total. The fourth-order valence-electron chi connectivity index (χ4n) is 2.97. The summed E-state index contributed by atoms with van der Waals surface area (Å²) in [4.78, 5) is 25.2. The van der Waals surface area contributed by atoms with Gasteiger partial charge in [0.25, 0.3) is 0 Å². The molecular formula is C20H28BrNO5. The van der Waals surface area contributed by atoms with E-state index in [9.17, 15) is 14.7 Å². The zero-order valence-corrected chi connectivity index (χ0v) is 18.1. The van der Waals surface area contributed by atoms with E-state index in [1.165, 1.54) is 10.5 Å². The van der Waals surface area contributed by atoms with Gasteiger partial charge < -0.3 is 14.6 Å². The highest BCUT2D eigenvalue weighted by Gasteiger charge is 2.42. The molecular weight excluding hydrogens is 414 g/mol. The van der Waals surface area contributed by atoms with Crippen LogP contribution in [0.4, 0.5) is 4.79 Å². The number of halogens is 1. The third-order valence-electron chi connectivity index (χ3n) is 4.61. The van der Waals surface area contributed by atoms with Crippen LogP contribution in [0.2, 0.25) is 0 Å². The van der Waals surface area contributed by atoms with Crippen LogP contribution in [0, 0.1) is 0 Å². The maximum atomic E-state index is 12.4. The molecule has 0 bridgehead atoms. The van der Waals surface area contributed by atoms with Gasteiger partial charge in [0.15, 0.2) is 0 Å². The lowest BCUT2D eigenvalue weighted by atomic mass is 9.99. The molecule has 0 spiro atoms. The number of carboxylic acids is 1. The van der Waals surface area contributed by atoms with Gasteiger partial charge in [0.2, 0.25) is 0 Å². The van der Waals surface area contributed by atoms with Crippen molar-refractivity contribution in [2.24, 2.45) is 0 Å². The molecule has 1 heterocycles. The summed E-state index contributed by atoms with van der Waals surface area (Å²) >= 11 is 3.53. The van der Waals surface area contributed by atoms with Crippen molar-refractivity contribution in [3.8, 4) is 5.75 Å². The van der Waals surface area contributed by atoms with Crippen LogP contribution in [0.25, 0.3) is 0 Å². The van der Waals surface area contributed by atoms with Gasteiger partial charge in [-0.15, -0.1) is 0 Å². The number of nitrogens with zero attached hydrogens (tertiary/aromatic N) is 1. The van der Waals surface area contributed by atoms with Crippen LogP contribution < -0.4 is 4.74 Å². The number of hydrogen-bond donors (Lipinski definition) is 1. The van der Waals surface area contributed by atoms with Crippen LogP contribution in [0.1, 0.15) is 58.9 Å². The number of ether oxygens (including phenoxy) is 2. The molecule has 3 atom stereocenters. The quantitative estimate of drug-likeness (QED) is 0.709. The van der Waals surface area contributed by atoms with Crippen molar-refractivity contribution in [2.45, 2.75) is 71.1 Å². The monoisotopic (exact) mass is 441 g/mol. The Bertz CT molecular complexity index is 700.